The first-order valence-corrected chi connectivity index (χ1v) is 7.78. The summed E-state index contributed by atoms with van der Waals surface area (Å²) in [4.78, 5) is 16.7. The molecule has 4 rings (SSSR count). The first-order valence-electron chi connectivity index (χ1n) is 7.78. The summed E-state index contributed by atoms with van der Waals surface area (Å²) in [6, 6.07) is 1.78. The molecule has 2 aliphatic rings. The molecule has 0 unspecified atom stereocenters. The van der Waals surface area contributed by atoms with Crippen LogP contribution in [-0.4, -0.2) is 50.7 Å². The molecule has 0 radical (unpaired) electrons. The third kappa shape index (κ3) is 2.52. The SMILES string of the molecule is O=C(c1cc(CN2CCCC2)on1)N1CCc2[nH]ncc2C1. The van der Waals surface area contributed by atoms with Crippen LogP contribution in [0.1, 0.15) is 40.3 Å². The molecule has 0 atom stereocenters. The van der Waals surface area contributed by atoms with E-state index in [0.717, 1.165) is 43.1 Å². The van der Waals surface area contributed by atoms with Crippen molar-refractivity contribution in [3.63, 3.8) is 0 Å². The zero-order valence-corrected chi connectivity index (χ0v) is 12.4. The molecule has 2 aliphatic heterocycles. The Kier molecular flexibility index (Phi) is 3.42. The molecule has 0 bridgehead atoms. The number of aromatic nitrogens is 3. The number of rotatable bonds is 3. The number of fused-ring (bicyclic) bond motifs is 1. The fourth-order valence-corrected chi connectivity index (χ4v) is 3.21. The first kappa shape index (κ1) is 13.5. The van der Waals surface area contributed by atoms with E-state index in [9.17, 15) is 4.79 Å². The second-order valence-electron chi connectivity index (χ2n) is 6.01. The van der Waals surface area contributed by atoms with Gasteiger partial charge in [-0.25, -0.2) is 0 Å². The first-order chi connectivity index (χ1) is 10.8. The van der Waals surface area contributed by atoms with Crippen LogP contribution in [0.2, 0.25) is 0 Å². The summed E-state index contributed by atoms with van der Waals surface area (Å²) in [5.41, 5.74) is 2.61. The Morgan fingerprint density at radius 3 is 3.05 bits per heavy atom. The van der Waals surface area contributed by atoms with Crippen LogP contribution in [0.25, 0.3) is 0 Å². The van der Waals surface area contributed by atoms with Crippen molar-refractivity contribution >= 4 is 5.91 Å². The van der Waals surface area contributed by atoms with Crippen LogP contribution in [0.4, 0.5) is 0 Å². The third-order valence-corrected chi connectivity index (χ3v) is 4.44. The topological polar surface area (TPSA) is 78.3 Å². The second-order valence-corrected chi connectivity index (χ2v) is 6.01. The lowest BCUT2D eigenvalue weighted by molar-refractivity contribution is 0.0723. The van der Waals surface area contributed by atoms with Crippen molar-refractivity contribution in [1.82, 2.24) is 25.2 Å². The van der Waals surface area contributed by atoms with Gasteiger partial charge in [-0.15, -0.1) is 0 Å². The smallest absolute Gasteiger partial charge is 0.276 e. The summed E-state index contributed by atoms with van der Waals surface area (Å²) in [5, 5.41) is 11.0. The number of hydrogen-bond acceptors (Lipinski definition) is 5. The van der Waals surface area contributed by atoms with Crippen molar-refractivity contribution < 1.29 is 9.32 Å². The third-order valence-electron chi connectivity index (χ3n) is 4.44. The van der Waals surface area contributed by atoms with E-state index in [1.54, 1.807) is 17.2 Å². The van der Waals surface area contributed by atoms with Crippen LogP contribution < -0.4 is 0 Å². The molecule has 7 heteroatoms. The number of aromatic amines is 1. The molecular weight excluding hydrogens is 282 g/mol. The molecule has 1 amide bonds. The number of hydrogen-bond donors (Lipinski definition) is 1. The minimum Gasteiger partial charge on any atom is -0.359 e. The van der Waals surface area contributed by atoms with Gasteiger partial charge in [-0.1, -0.05) is 5.16 Å². The lowest BCUT2D eigenvalue weighted by Gasteiger charge is -2.25. The highest BCUT2D eigenvalue weighted by atomic mass is 16.5. The van der Waals surface area contributed by atoms with Gasteiger partial charge in [0.05, 0.1) is 12.7 Å². The summed E-state index contributed by atoms with van der Waals surface area (Å²) < 4.78 is 5.34. The molecular formula is C15H19N5O2. The quantitative estimate of drug-likeness (QED) is 0.921. The van der Waals surface area contributed by atoms with Crippen LogP contribution in [0.3, 0.4) is 0 Å². The van der Waals surface area contributed by atoms with E-state index in [4.69, 9.17) is 4.52 Å². The summed E-state index contributed by atoms with van der Waals surface area (Å²) in [7, 11) is 0. The van der Waals surface area contributed by atoms with E-state index in [2.05, 4.69) is 20.3 Å². The minimum atomic E-state index is -0.0664. The van der Waals surface area contributed by atoms with Crippen molar-refractivity contribution in [1.29, 1.82) is 0 Å². The van der Waals surface area contributed by atoms with E-state index in [-0.39, 0.29) is 5.91 Å². The van der Waals surface area contributed by atoms with Crippen molar-refractivity contribution in [3.05, 3.63) is 35.0 Å². The second kappa shape index (κ2) is 5.57. The van der Waals surface area contributed by atoms with Gasteiger partial charge in [0.25, 0.3) is 5.91 Å². The molecule has 22 heavy (non-hydrogen) atoms. The normalized spacial score (nSPS) is 18.6. The number of amides is 1. The number of H-pyrrole nitrogens is 1. The predicted molar refractivity (Wildman–Crippen MR) is 78.0 cm³/mol. The highest BCUT2D eigenvalue weighted by Crippen LogP contribution is 2.19. The van der Waals surface area contributed by atoms with Gasteiger partial charge < -0.3 is 9.42 Å². The van der Waals surface area contributed by atoms with Gasteiger partial charge in [-0.05, 0) is 25.9 Å². The highest BCUT2D eigenvalue weighted by molar-refractivity contribution is 5.92. The lowest BCUT2D eigenvalue weighted by Crippen LogP contribution is -2.35. The van der Waals surface area contributed by atoms with Crippen molar-refractivity contribution in [2.75, 3.05) is 19.6 Å². The molecule has 2 aromatic rings. The van der Waals surface area contributed by atoms with Gasteiger partial charge in [-0.3, -0.25) is 14.8 Å². The fourth-order valence-electron chi connectivity index (χ4n) is 3.21. The molecule has 4 heterocycles. The molecule has 1 saturated heterocycles. The van der Waals surface area contributed by atoms with Crippen LogP contribution >= 0.6 is 0 Å². The van der Waals surface area contributed by atoms with Gasteiger partial charge in [0.2, 0.25) is 0 Å². The van der Waals surface area contributed by atoms with Crippen LogP contribution in [0.5, 0.6) is 0 Å². The largest absolute Gasteiger partial charge is 0.359 e. The molecule has 0 spiro atoms. The monoisotopic (exact) mass is 301 g/mol. The van der Waals surface area contributed by atoms with Crippen LogP contribution in [0.15, 0.2) is 16.8 Å². The highest BCUT2D eigenvalue weighted by Gasteiger charge is 2.25. The average molecular weight is 301 g/mol. The molecule has 2 aromatic heterocycles. The van der Waals surface area contributed by atoms with Gasteiger partial charge in [0.15, 0.2) is 11.5 Å². The molecule has 0 aliphatic carbocycles. The zero-order valence-electron chi connectivity index (χ0n) is 12.4. The van der Waals surface area contributed by atoms with E-state index in [1.807, 2.05) is 0 Å². The zero-order chi connectivity index (χ0) is 14.9. The molecule has 0 saturated carbocycles. The Balaban J connectivity index is 1.43. The number of nitrogens with zero attached hydrogens (tertiary/aromatic N) is 4. The number of likely N-dealkylation sites (tertiary alicyclic amines) is 1. The van der Waals surface area contributed by atoms with Gasteiger partial charge in [-0.2, -0.15) is 5.10 Å². The molecule has 1 fully saturated rings. The Morgan fingerprint density at radius 2 is 2.18 bits per heavy atom. The maximum atomic E-state index is 12.5. The van der Waals surface area contributed by atoms with Gasteiger partial charge >= 0.3 is 0 Å². The fraction of sp³-hybridized carbons (Fsp3) is 0.533. The number of carbonyl (C=O) groups excluding carboxylic acids is 1. The van der Waals surface area contributed by atoms with E-state index < -0.39 is 0 Å². The predicted octanol–water partition coefficient (Wildman–Crippen LogP) is 1.19. The van der Waals surface area contributed by atoms with Gasteiger partial charge in [0, 0.05) is 36.8 Å². The Hall–Kier alpha value is -2.15. The van der Waals surface area contributed by atoms with E-state index in [0.29, 0.717) is 18.8 Å². The Labute approximate surface area is 128 Å². The summed E-state index contributed by atoms with van der Waals surface area (Å²) >= 11 is 0. The Bertz CT molecular complexity index is 671. The van der Waals surface area contributed by atoms with Crippen molar-refractivity contribution in [3.8, 4) is 0 Å². The van der Waals surface area contributed by atoms with E-state index >= 15 is 0 Å². The van der Waals surface area contributed by atoms with Crippen LogP contribution in [0, 0.1) is 0 Å². The molecule has 1 N–H and O–H groups in total. The maximum absolute atomic E-state index is 12.5. The number of carbonyl (C=O) groups is 1. The standard InChI is InChI=1S/C15H19N5O2/c21-15(20-6-3-13-11(9-20)8-16-17-13)14-7-12(22-18-14)10-19-4-1-2-5-19/h7-8H,1-6,9-10H2,(H,16,17). The van der Waals surface area contributed by atoms with Crippen molar-refractivity contribution in [2.45, 2.75) is 32.4 Å². The molecule has 0 aromatic carbocycles. The summed E-state index contributed by atoms with van der Waals surface area (Å²) in [6.45, 7) is 4.20. The summed E-state index contributed by atoms with van der Waals surface area (Å²) in [5.74, 6) is 0.703. The lowest BCUT2D eigenvalue weighted by atomic mass is 10.1. The number of nitrogens with one attached hydrogen (secondary N) is 1. The van der Waals surface area contributed by atoms with Gasteiger partial charge in [0.1, 0.15) is 0 Å². The molecule has 116 valence electrons. The van der Waals surface area contributed by atoms with Crippen LogP contribution in [-0.2, 0) is 19.5 Å². The Morgan fingerprint density at radius 1 is 1.32 bits per heavy atom. The average Bonchev–Trinajstić information content (AvgIpc) is 3.27. The minimum absolute atomic E-state index is 0.0664. The van der Waals surface area contributed by atoms with E-state index in [1.165, 1.54) is 12.8 Å². The van der Waals surface area contributed by atoms with Crippen molar-refractivity contribution in [2.24, 2.45) is 0 Å². The molecule has 7 nitrogen and oxygen atoms in total. The maximum Gasteiger partial charge on any atom is 0.276 e. The summed E-state index contributed by atoms with van der Waals surface area (Å²) in [6.07, 6.45) is 5.07.